The Morgan fingerprint density at radius 3 is 2.50 bits per heavy atom. The molecule has 2 N–H and O–H groups in total. The standard InChI is InChI=1S/C16H12Cl2N2O4/c17-10-6-5-9(7-11(10)18)15(21)19-20-16(22)14-8-23-12-3-1-2-4-13(12)24-14/h1-7,14H,8H2,(H,19,21)(H,20,22)/t14-/m0/s1. The van der Waals surface area contributed by atoms with Gasteiger partial charge in [-0.05, 0) is 30.3 Å². The number of halogens is 2. The summed E-state index contributed by atoms with van der Waals surface area (Å²) in [4.78, 5) is 24.1. The second-order valence-electron chi connectivity index (χ2n) is 4.94. The first-order valence-corrected chi connectivity index (χ1v) is 7.74. The highest BCUT2D eigenvalue weighted by molar-refractivity contribution is 6.42. The second-order valence-corrected chi connectivity index (χ2v) is 5.75. The van der Waals surface area contributed by atoms with Gasteiger partial charge in [-0.3, -0.25) is 20.4 Å². The average Bonchev–Trinajstić information content (AvgIpc) is 2.61. The highest BCUT2D eigenvalue weighted by Crippen LogP contribution is 2.30. The van der Waals surface area contributed by atoms with Crippen molar-refractivity contribution in [3.63, 3.8) is 0 Å². The predicted octanol–water partition coefficient (Wildman–Crippen LogP) is 2.59. The zero-order chi connectivity index (χ0) is 17.1. The molecule has 0 aliphatic carbocycles. The van der Waals surface area contributed by atoms with Crippen molar-refractivity contribution in [2.75, 3.05) is 6.61 Å². The van der Waals surface area contributed by atoms with E-state index < -0.39 is 17.9 Å². The van der Waals surface area contributed by atoms with E-state index in [1.54, 1.807) is 24.3 Å². The van der Waals surface area contributed by atoms with Crippen LogP contribution in [0.5, 0.6) is 11.5 Å². The number of benzene rings is 2. The van der Waals surface area contributed by atoms with Crippen molar-refractivity contribution in [3.8, 4) is 11.5 Å². The van der Waals surface area contributed by atoms with Crippen LogP contribution >= 0.6 is 23.2 Å². The largest absolute Gasteiger partial charge is 0.485 e. The molecule has 124 valence electrons. The van der Waals surface area contributed by atoms with Crippen molar-refractivity contribution in [3.05, 3.63) is 58.1 Å². The fourth-order valence-electron chi connectivity index (χ4n) is 2.06. The smallest absolute Gasteiger partial charge is 0.283 e. The summed E-state index contributed by atoms with van der Waals surface area (Å²) in [5, 5.41) is 0.583. The summed E-state index contributed by atoms with van der Waals surface area (Å²) in [7, 11) is 0. The molecule has 0 aromatic heterocycles. The number of amides is 2. The first kappa shape index (κ1) is 16.4. The molecule has 2 aromatic carbocycles. The minimum absolute atomic E-state index is 0.0471. The summed E-state index contributed by atoms with van der Waals surface area (Å²) in [6.45, 7) is 0.0471. The van der Waals surface area contributed by atoms with Crippen LogP contribution in [0.15, 0.2) is 42.5 Å². The minimum Gasteiger partial charge on any atom is -0.485 e. The molecule has 1 aliphatic heterocycles. The van der Waals surface area contributed by atoms with Gasteiger partial charge >= 0.3 is 0 Å². The van der Waals surface area contributed by atoms with Crippen LogP contribution in [0.1, 0.15) is 10.4 Å². The maximum Gasteiger partial charge on any atom is 0.283 e. The molecule has 1 atom stereocenters. The Morgan fingerprint density at radius 2 is 1.75 bits per heavy atom. The molecule has 24 heavy (non-hydrogen) atoms. The number of ether oxygens (including phenoxy) is 2. The van der Waals surface area contributed by atoms with E-state index in [-0.39, 0.29) is 17.2 Å². The maximum atomic E-state index is 12.1. The Bertz CT molecular complexity index is 797. The molecular weight excluding hydrogens is 355 g/mol. The van der Waals surface area contributed by atoms with Gasteiger partial charge in [0, 0.05) is 5.56 Å². The number of hydrazine groups is 1. The number of nitrogens with one attached hydrogen (secondary N) is 2. The highest BCUT2D eigenvalue weighted by Gasteiger charge is 2.27. The van der Waals surface area contributed by atoms with Crippen LogP contribution in [0.25, 0.3) is 0 Å². The predicted molar refractivity (Wildman–Crippen MR) is 88.4 cm³/mol. The van der Waals surface area contributed by atoms with Crippen molar-refractivity contribution >= 4 is 35.0 Å². The van der Waals surface area contributed by atoms with E-state index in [0.29, 0.717) is 16.5 Å². The first-order chi connectivity index (χ1) is 11.5. The minimum atomic E-state index is -0.867. The van der Waals surface area contributed by atoms with Crippen LogP contribution < -0.4 is 20.3 Å². The third kappa shape index (κ3) is 3.55. The van der Waals surface area contributed by atoms with Crippen molar-refractivity contribution in [1.29, 1.82) is 0 Å². The van der Waals surface area contributed by atoms with Gasteiger partial charge in [0.25, 0.3) is 11.8 Å². The van der Waals surface area contributed by atoms with Crippen molar-refractivity contribution in [1.82, 2.24) is 10.9 Å². The number of fused-ring (bicyclic) bond motifs is 1. The molecule has 0 spiro atoms. The Labute approximate surface area is 147 Å². The van der Waals surface area contributed by atoms with Gasteiger partial charge in [0.05, 0.1) is 10.0 Å². The fourth-order valence-corrected chi connectivity index (χ4v) is 2.36. The Hall–Kier alpha value is -2.44. The van der Waals surface area contributed by atoms with E-state index >= 15 is 0 Å². The molecule has 0 fully saturated rings. The molecule has 1 aliphatic rings. The van der Waals surface area contributed by atoms with Crippen LogP contribution in [-0.2, 0) is 4.79 Å². The summed E-state index contributed by atoms with van der Waals surface area (Å²) >= 11 is 11.6. The Balaban J connectivity index is 1.58. The van der Waals surface area contributed by atoms with Crippen molar-refractivity contribution in [2.45, 2.75) is 6.10 Å². The first-order valence-electron chi connectivity index (χ1n) is 6.98. The molecule has 6 nitrogen and oxygen atoms in total. The number of carbonyl (C=O) groups excluding carboxylic acids is 2. The van der Waals surface area contributed by atoms with E-state index in [2.05, 4.69) is 10.9 Å². The van der Waals surface area contributed by atoms with Crippen LogP contribution in [0.4, 0.5) is 0 Å². The third-order valence-corrected chi connectivity index (χ3v) is 4.02. The van der Waals surface area contributed by atoms with Crippen LogP contribution in [0.2, 0.25) is 10.0 Å². The zero-order valence-corrected chi connectivity index (χ0v) is 13.7. The van der Waals surface area contributed by atoms with E-state index in [1.165, 1.54) is 18.2 Å². The van der Waals surface area contributed by atoms with Crippen LogP contribution in [0.3, 0.4) is 0 Å². The van der Waals surface area contributed by atoms with E-state index in [1.807, 2.05) is 0 Å². The average molecular weight is 367 g/mol. The Morgan fingerprint density at radius 1 is 1.00 bits per heavy atom. The Kier molecular flexibility index (Phi) is 4.78. The van der Waals surface area contributed by atoms with Gasteiger partial charge in [-0.2, -0.15) is 0 Å². The quantitative estimate of drug-likeness (QED) is 0.800. The van der Waals surface area contributed by atoms with Crippen LogP contribution in [0, 0.1) is 0 Å². The molecule has 0 bridgehead atoms. The van der Waals surface area contributed by atoms with Gasteiger partial charge in [0.1, 0.15) is 6.61 Å². The number of hydrogen-bond donors (Lipinski definition) is 2. The highest BCUT2D eigenvalue weighted by atomic mass is 35.5. The summed E-state index contributed by atoms with van der Waals surface area (Å²) in [6.07, 6.45) is -0.867. The number of para-hydroxylation sites is 2. The zero-order valence-electron chi connectivity index (χ0n) is 12.2. The summed E-state index contributed by atoms with van der Waals surface area (Å²) in [5.41, 5.74) is 4.85. The lowest BCUT2D eigenvalue weighted by molar-refractivity contribution is -0.131. The van der Waals surface area contributed by atoms with Gasteiger partial charge < -0.3 is 9.47 Å². The molecule has 0 saturated carbocycles. The molecule has 3 rings (SSSR count). The summed E-state index contributed by atoms with van der Waals surface area (Å²) in [6, 6.07) is 11.4. The van der Waals surface area contributed by atoms with E-state index in [4.69, 9.17) is 32.7 Å². The van der Waals surface area contributed by atoms with Gasteiger partial charge in [0.2, 0.25) is 6.10 Å². The van der Waals surface area contributed by atoms with Crippen LogP contribution in [-0.4, -0.2) is 24.5 Å². The SMILES string of the molecule is O=C(NNC(=O)[C@@H]1COc2ccccc2O1)c1ccc(Cl)c(Cl)c1. The summed E-state index contributed by atoms with van der Waals surface area (Å²) in [5.74, 6) is -0.0157. The number of carbonyl (C=O) groups is 2. The van der Waals surface area contributed by atoms with E-state index in [9.17, 15) is 9.59 Å². The van der Waals surface area contributed by atoms with Crippen molar-refractivity contribution in [2.24, 2.45) is 0 Å². The topological polar surface area (TPSA) is 76.7 Å². The molecule has 0 unspecified atom stereocenters. The summed E-state index contributed by atoms with van der Waals surface area (Å²) < 4.78 is 11.0. The molecule has 2 aromatic rings. The normalized spacial score (nSPS) is 15.5. The fraction of sp³-hybridized carbons (Fsp3) is 0.125. The molecular formula is C16H12Cl2N2O4. The van der Waals surface area contributed by atoms with Gasteiger partial charge in [-0.15, -0.1) is 0 Å². The second kappa shape index (κ2) is 6.98. The third-order valence-electron chi connectivity index (χ3n) is 3.28. The number of rotatable bonds is 2. The monoisotopic (exact) mass is 366 g/mol. The van der Waals surface area contributed by atoms with Gasteiger partial charge in [0.15, 0.2) is 11.5 Å². The van der Waals surface area contributed by atoms with E-state index in [0.717, 1.165) is 0 Å². The number of hydrogen-bond acceptors (Lipinski definition) is 4. The lowest BCUT2D eigenvalue weighted by atomic mass is 10.2. The molecule has 8 heteroatoms. The lowest BCUT2D eigenvalue weighted by Crippen LogP contribution is -2.50. The molecule has 0 radical (unpaired) electrons. The maximum absolute atomic E-state index is 12.1. The molecule has 1 heterocycles. The van der Waals surface area contributed by atoms with Gasteiger partial charge in [-0.1, -0.05) is 35.3 Å². The molecule has 0 saturated heterocycles. The lowest BCUT2D eigenvalue weighted by Gasteiger charge is -2.25. The van der Waals surface area contributed by atoms with Crippen molar-refractivity contribution < 1.29 is 19.1 Å². The van der Waals surface area contributed by atoms with Gasteiger partial charge in [-0.25, -0.2) is 0 Å². The molecule has 2 amide bonds.